The van der Waals surface area contributed by atoms with E-state index in [0.717, 1.165) is 36.2 Å². The summed E-state index contributed by atoms with van der Waals surface area (Å²) in [5.41, 5.74) is 8.45. The molecule has 1 aliphatic carbocycles. The highest BCUT2D eigenvalue weighted by molar-refractivity contribution is 5.95. The topological polar surface area (TPSA) is 84.2 Å². The molecule has 2 amide bonds. The Labute approximate surface area is 117 Å². The minimum atomic E-state index is -0.299. The number of fused-ring (bicyclic) bond motifs is 1. The molecule has 0 bridgehead atoms. The highest BCUT2D eigenvalue weighted by Crippen LogP contribution is 2.32. The van der Waals surface area contributed by atoms with Crippen LogP contribution in [0, 0.1) is 0 Å². The van der Waals surface area contributed by atoms with Crippen molar-refractivity contribution < 1.29 is 9.59 Å². The molecule has 0 radical (unpaired) electrons. The van der Waals surface area contributed by atoms with E-state index >= 15 is 0 Å². The Morgan fingerprint density at radius 1 is 1.35 bits per heavy atom. The third kappa shape index (κ3) is 2.67. The number of benzene rings is 1. The van der Waals surface area contributed by atoms with Crippen molar-refractivity contribution >= 4 is 23.2 Å². The molecule has 0 unspecified atom stereocenters. The van der Waals surface area contributed by atoms with Crippen molar-refractivity contribution in [3.05, 3.63) is 23.8 Å². The smallest absolute Gasteiger partial charge is 0.226 e. The van der Waals surface area contributed by atoms with Crippen molar-refractivity contribution in [2.45, 2.75) is 44.1 Å². The second kappa shape index (κ2) is 4.90. The molecule has 0 atom stereocenters. The zero-order valence-corrected chi connectivity index (χ0v) is 11.4. The van der Waals surface area contributed by atoms with Gasteiger partial charge in [0.25, 0.3) is 0 Å². The zero-order chi connectivity index (χ0) is 14.2. The third-order valence-electron chi connectivity index (χ3n) is 4.15. The molecule has 0 saturated heterocycles. The van der Waals surface area contributed by atoms with E-state index in [1.807, 2.05) is 18.2 Å². The predicted octanol–water partition coefficient (Wildman–Crippen LogP) is 1.78. The van der Waals surface area contributed by atoms with Gasteiger partial charge in [0, 0.05) is 29.8 Å². The first kappa shape index (κ1) is 13.1. The number of nitrogens with two attached hydrogens (primary N) is 1. The SMILES string of the molecule is NC1(CC(=O)Nc2ccc3c(c2)CCC(=O)N3)CCC1. The summed E-state index contributed by atoms with van der Waals surface area (Å²) >= 11 is 0. The van der Waals surface area contributed by atoms with Crippen LogP contribution in [0.15, 0.2) is 18.2 Å². The summed E-state index contributed by atoms with van der Waals surface area (Å²) in [4.78, 5) is 23.3. The lowest BCUT2D eigenvalue weighted by molar-refractivity contribution is -0.118. The van der Waals surface area contributed by atoms with E-state index in [0.29, 0.717) is 19.3 Å². The van der Waals surface area contributed by atoms with Crippen LogP contribution in [0.4, 0.5) is 11.4 Å². The number of nitrogens with one attached hydrogen (secondary N) is 2. The fraction of sp³-hybridized carbons (Fsp3) is 0.467. The number of carbonyl (C=O) groups excluding carboxylic acids is 2. The second-order valence-corrected chi connectivity index (χ2v) is 5.86. The fourth-order valence-electron chi connectivity index (χ4n) is 2.79. The molecule has 1 aliphatic heterocycles. The summed E-state index contributed by atoms with van der Waals surface area (Å²) < 4.78 is 0. The van der Waals surface area contributed by atoms with E-state index in [1.165, 1.54) is 0 Å². The first-order valence-corrected chi connectivity index (χ1v) is 7.06. The van der Waals surface area contributed by atoms with Gasteiger partial charge in [-0.2, -0.15) is 0 Å². The molecule has 1 heterocycles. The molecule has 4 N–H and O–H groups in total. The maximum atomic E-state index is 12.0. The molecule has 5 nitrogen and oxygen atoms in total. The highest BCUT2D eigenvalue weighted by Gasteiger charge is 2.34. The summed E-state index contributed by atoms with van der Waals surface area (Å²) in [6, 6.07) is 5.58. The fourth-order valence-corrected chi connectivity index (χ4v) is 2.79. The number of anilines is 2. The van der Waals surface area contributed by atoms with Crippen LogP contribution in [0.2, 0.25) is 0 Å². The average Bonchev–Trinajstić information content (AvgIpc) is 2.37. The maximum Gasteiger partial charge on any atom is 0.226 e. The molecule has 3 rings (SSSR count). The van der Waals surface area contributed by atoms with Crippen molar-refractivity contribution in [2.75, 3.05) is 10.6 Å². The molecule has 1 fully saturated rings. The second-order valence-electron chi connectivity index (χ2n) is 5.86. The molecule has 5 heteroatoms. The van der Waals surface area contributed by atoms with E-state index in [2.05, 4.69) is 10.6 Å². The molecule has 0 aromatic heterocycles. The Morgan fingerprint density at radius 2 is 2.15 bits per heavy atom. The third-order valence-corrected chi connectivity index (χ3v) is 4.15. The molecule has 2 aliphatic rings. The van der Waals surface area contributed by atoms with Crippen LogP contribution < -0.4 is 16.4 Å². The number of hydrogen-bond acceptors (Lipinski definition) is 3. The molecule has 1 aromatic carbocycles. The van der Waals surface area contributed by atoms with Gasteiger partial charge in [-0.3, -0.25) is 9.59 Å². The number of hydrogen-bond donors (Lipinski definition) is 3. The molecule has 1 saturated carbocycles. The van der Waals surface area contributed by atoms with Gasteiger partial charge in [0.2, 0.25) is 11.8 Å². The quantitative estimate of drug-likeness (QED) is 0.785. The van der Waals surface area contributed by atoms with Gasteiger partial charge in [0.15, 0.2) is 0 Å². The van der Waals surface area contributed by atoms with Gasteiger partial charge in [-0.05, 0) is 49.4 Å². The largest absolute Gasteiger partial charge is 0.326 e. The number of carbonyl (C=O) groups is 2. The molecular weight excluding hydrogens is 254 g/mol. The van der Waals surface area contributed by atoms with Crippen LogP contribution in [0.25, 0.3) is 0 Å². The monoisotopic (exact) mass is 273 g/mol. The first-order chi connectivity index (χ1) is 9.54. The minimum Gasteiger partial charge on any atom is -0.326 e. The predicted molar refractivity (Wildman–Crippen MR) is 77.4 cm³/mol. The van der Waals surface area contributed by atoms with Crippen LogP contribution in [-0.2, 0) is 16.0 Å². The van der Waals surface area contributed by atoms with Crippen LogP contribution >= 0.6 is 0 Å². The van der Waals surface area contributed by atoms with E-state index in [4.69, 9.17) is 5.73 Å². The molecule has 1 aromatic rings. The maximum absolute atomic E-state index is 12.0. The van der Waals surface area contributed by atoms with Crippen LogP contribution in [0.3, 0.4) is 0 Å². The van der Waals surface area contributed by atoms with Gasteiger partial charge < -0.3 is 16.4 Å². The highest BCUT2D eigenvalue weighted by atomic mass is 16.2. The molecule has 106 valence electrons. The van der Waals surface area contributed by atoms with Crippen LogP contribution in [0.5, 0.6) is 0 Å². The summed E-state index contributed by atoms with van der Waals surface area (Å²) in [7, 11) is 0. The minimum absolute atomic E-state index is 0.0352. The van der Waals surface area contributed by atoms with Gasteiger partial charge in [-0.25, -0.2) is 0 Å². The van der Waals surface area contributed by atoms with Crippen molar-refractivity contribution in [2.24, 2.45) is 5.73 Å². The Morgan fingerprint density at radius 3 is 2.85 bits per heavy atom. The van der Waals surface area contributed by atoms with Crippen molar-refractivity contribution in [1.29, 1.82) is 0 Å². The van der Waals surface area contributed by atoms with Gasteiger partial charge in [-0.1, -0.05) is 0 Å². The van der Waals surface area contributed by atoms with E-state index in [1.54, 1.807) is 0 Å². The van der Waals surface area contributed by atoms with Gasteiger partial charge >= 0.3 is 0 Å². The lowest BCUT2D eigenvalue weighted by atomic mass is 9.75. The number of amides is 2. The van der Waals surface area contributed by atoms with E-state index in [9.17, 15) is 9.59 Å². The summed E-state index contributed by atoms with van der Waals surface area (Å²) in [5.74, 6) is 0.0105. The summed E-state index contributed by atoms with van der Waals surface area (Å²) in [6.07, 6.45) is 4.55. The zero-order valence-electron chi connectivity index (χ0n) is 11.4. The van der Waals surface area contributed by atoms with E-state index < -0.39 is 0 Å². The first-order valence-electron chi connectivity index (χ1n) is 7.06. The van der Waals surface area contributed by atoms with Crippen LogP contribution in [0.1, 0.15) is 37.7 Å². The van der Waals surface area contributed by atoms with Gasteiger partial charge in [-0.15, -0.1) is 0 Å². The summed E-state index contributed by atoms with van der Waals surface area (Å²) in [5, 5.41) is 5.72. The van der Waals surface area contributed by atoms with Gasteiger partial charge in [0.1, 0.15) is 0 Å². The van der Waals surface area contributed by atoms with Crippen LogP contribution in [-0.4, -0.2) is 17.4 Å². The molecule has 0 spiro atoms. The Hall–Kier alpha value is -1.88. The number of aryl methyl sites for hydroxylation is 1. The lowest BCUT2D eigenvalue weighted by Gasteiger charge is -2.37. The Kier molecular flexibility index (Phi) is 3.22. The average molecular weight is 273 g/mol. The standard InChI is InChI=1S/C15H19N3O2/c16-15(6-1-7-15)9-14(20)17-11-3-4-12-10(8-11)2-5-13(19)18-12/h3-4,8H,1-2,5-7,9,16H2,(H,17,20)(H,18,19). The molecule has 20 heavy (non-hydrogen) atoms. The normalized spacial score (nSPS) is 19.6. The molecular formula is C15H19N3O2. The lowest BCUT2D eigenvalue weighted by Crippen LogP contribution is -2.48. The van der Waals surface area contributed by atoms with Crippen molar-refractivity contribution in [3.8, 4) is 0 Å². The number of rotatable bonds is 3. The summed E-state index contributed by atoms with van der Waals surface area (Å²) in [6.45, 7) is 0. The van der Waals surface area contributed by atoms with Crippen molar-refractivity contribution in [3.63, 3.8) is 0 Å². The van der Waals surface area contributed by atoms with Gasteiger partial charge in [0.05, 0.1) is 0 Å². The van der Waals surface area contributed by atoms with Crippen molar-refractivity contribution in [1.82, 2.24) is 0 Å². The van der Waals surface area contributed by atoms with E-state index in [-0.39, 0.29) is 17.4 Å². The Balaban J connectivity index is 1.66. The Bertz CT molecular complexity index is 564.